The maximum Gasteiger partial charge on any atom is 0.255 e. The van der Waals surface area contributed by atoms with E-state index in [1.807, 2.05) is 54.7 Å². The Hall–Kier alpha value is -4.12. The maximum absolute atomic E-state index is 13.0. The fourth-order valence-electron chi connectivity index (χ4n) is 4.10. The first kappa shape index (κ1) is 19.8. The lowest BCUT2D eigenvalue weighted by Crippen LogP contribution is -2.26. The molecule has 3 aromatic carbocycles. The fraction of sp³-hybridized carbons (Fsp3) is 0.111. The van der Waals surface area contributed by atoms with Crippen LogP contribution in [0.4, 0.5) is 0 Å². The third-order valence-corrected chi connectivity index (χ3v) is 5.78. The van der Waals surface area contributed by atoms with E-state index in [1.165, 1.54) is 0 Å². The van der Waals surface area contributed by atoms with Gasteiger partial charge in [0.25, 0.3) is 5.91 Å². The van der Waals surface area contributed by atoms with Crippen molar-refractivity contribution < 1.29 is 9.21 Å². The summed E-state index contributed by atoms with van der Waals surface area (Å²) in [7, 11) is 0. The molecule has 1 amide bonds. The molecule has 0 aliphatic carbocycles. The molecule has 0 atom stereocenters. The van der Waals surface area contributed by atoms with Crippen LogP contribution in [-0.4, -0.2) is 17.4 Å². The first-order chi connectivity index (χ1) is 15.6. The summed E-state index contributed by atoms with van der Waals surface area (Å²) in [4.78, 5) is 29.3. The Morgan fingerprint density at radius 3 is 2.53 bits per heavy atom. The van der Waals surface area contributed by atoms with Crippen molar-refractivity contribution in [3.8, 4) is 11.3 Å². The monoisotopic (exact) mass is 422 g/mol. The summed E-state index contributed by atoms with van der Waals surface area (Å²) in [5.41, 5.74) is 4.10. The van der Waals surface area contributed by atoms with Crippen LogP contribution < -0.4 is 10.7 Å². The van der Waals surface area contributed by atoms with Crippen LogP contribution in [0.15, 0.2) is 88.2 Å². The summed E-state index contributed by atoms with van der Waals surface area (Å²) < 4.78 is 6.16. The molecule has 2 aromatic heterocycles. The van der Waals surface area contributed by atoms with Crippen molar-refractivity contribution in [1.82, 2.24) is 10.3 Å². The minimum absolute atomic E-state index is 0.126. The van der Waals surface area contributed by atoms with E-state index >= 15 is 0 Å². The lowest BCUT2D eigenvalue weighted by atomic mass is 10.0. The second kappa shape index (κ2) is 8.19. The topological polar surface area (TPSA) is 75.1 Å². The zero-order chi connectivity index (χ0) is 22.1. The van der Waals surface area contributed by atoms with E-state index in [0.29, 0.717) is 40.8 Å². The van der Waals surface area contributed by atoms with E-state index < -0.39 is 0 Å². The molecule has 5 heteroatoms. The van der Waals surface area contributed by atoms with Gasteiger partial charge in [-0.2, -0.15) is 0 Å². The van der Waals surface area contributed by atoms with Gasteiger partial charge in [-0.05, 0) is 37.1 Å². The van der Waals surface area contributed by atoms with Crippen LogP contribution in [0, 0.1) is 6.92 Å². The van der Waals surface area contributed by atoms with Crippen molar-refractivity contribution in [3.05, 3.63) is 106 Å². The molecular weight excluding hydrogens is 400 g/mol. The van der Waals surface area contributed by atoms with Gasteiger partial charge in [-0.3, -0.25) is 9.59 Å². The fourth-order valence-corrected chi connectivity index (χ4v) is 4.10. The van der Waals surface area contributed by atoms with Gasteiger partial charge in [-0.1, -0.05) is 54.6 Å². The Morgan fingerprint density at radius 2 is 1.69 bits per heavy atom. The number of aromatic amines is 1. The number of carbonyl (C=O) groups excluding carboxylic acids is 1. The Balaban J connectivity index is 1.45. The van der Waals surface area contributed by atoms with Gasteiger partial charge in [0.2, 0.25) is 0 Å². The highest BCUT2D eigenvalue weighted by Gasteiger charge is 2.18. The molecule has 158 valence electrons. The van der Waals surface area contributed by atoms with E-state index in [-0.39, 0.29) is 11.3 Å². The summed E-state index contributed by atoms with van der Waals surface area (Å²) in [5, 5.41) is 4.53. The molecule has 0 saturated heterocycles. The summed E-state index contributed by atoms with van der Waals surface area (Å²) in [6.07, 6.45) is 2.67. The van der Waals surface area contributed by atoms with Gasteiger partial charge in [0.15, 0.2) is 11.0 Å². The molecule has 5 aromatic rings. The zero-order valence-electron chi connectivity index (χ0n) is 17.6. The molecule has 5 nitrogen and oxygen atoms in total. The second-order valence-electron chi connectivity index (χ2n) is 7.80. The molecular formula is C27H22N2O3. The molecule has 0 spiro atoms. The van der Waals surface area contributed by atoms with Crippen molar-refractivity contribution in [1.29, 1.82) is 0 Å². The minimum Gasteiger partial charge on any atom is -0.455 e. The first-order valence-electron chi connectivity index (χ1n) is 10.6. The number of amides is 1. The Bertz CT molecular complexity index is 1500. The van der Waals surface area contributed by atoms with Crippen LogP contribution in [-0.2, 0) is 6.42 Å². The minimum atomic E-state index is -0.263. The molecule has 5 rings (SSSR count). The number of nitrogens with one attached hydrogen (secondary N) is 2. The van der Waals surface area contributed by atoms with Crippen LogP contribution in [0.1, 0.15) is 21.5 Å². The molecule has 2 N–H and O–H groups in total. The van der Waals surface area contributed by atoms with Gasteiger partial charge >= 0.3 is 0 Å². The standard InChI is InChI=1S/C27H22N2O3/c1-17-24(30)21-11-7-12-22(26(21)32-25(17)18-8-3-2-4-9-18)27(31)28-15-14-19-16-29-23-13-6-5-10-20(19)23/h2-13,16,29H,14-15H2,1H3,(H,28,31). The van der Waals surface area contributed by atoms with Crippen molar-refractivity contribution >= 4 is 27.8 Å². The van der Waals surface area contributed by atoms with Crippen molar-refractivity contribution in [2.24, 2.45) is 0 Å². The quantitative estimate of drug-likeness (QED) is 0.408. The Kier molecular flexibility index (Phi) is 5.07. The molecule has 0 bridgehead atoms. The summed E-state index contributed by atoms with van der Waals surface area (Å²) in [6.45, 7) is 2.22. The number of rotatable bonds is 5. The predicted octanol–water partition coefficient (Wildman–Crippen LogP) is 5.22. The van der Waals surface area contributed by atoms with Gasteiger partial charge in [-0.15, -0.1) is 0 Å². The number of hydrogen-bond acceptors (Lipinski definition) is 3. The first-order valence-corrected chi connectivity index (χ1v) is 10.6. The SMILES string of the molecule is Cc1c(-c2ccccc2)oc2c(C(=O)NCCc3c[nH]c4ccccc34)cccc2c1=O. The highest BCUT2D eigenvalue weighted by atomic mass is 16.3. The van der Waals surface area contributed by atoms with Crippen LogP contribution in [0.25, 0.3) is 33.2 Å². The number of fused-ring (bicyclic) bond motifs is 2. The summed E-state index contributed by atoms with van der Waals surface area (Å²) >= 11 is 0. The lowest BCUT2D eigenvalue weighted by molar-refractivity contribution is 0.0955. The van der Waals surface area contributed by atoms with Crippen molar-refractivity contribution in [3.63, 3.8) is 0 Å². The maximum atomic E-state index is 13.0. The number of hydrogen-bond donors (Lipinski definition) is 2. The van der Waals surface area contributed by atoms with Crippen molar-refractivity contribution in [2.75, 3.05) is 6.54 Å². The normalized spacial score (nSPS) is 11.2. The average molecular weight is 422 g/mol. The van der Waals surface area contributed by atoms with Gasteiger partial charge in [0.05, 0.1) is 10.9 Å². The highest BCUT2D eigenvalue weighted by molar-refractivity contribution is 6.05. The number of H-pyrrole nitrogens is 1. The predicted molar refractivity (Wildman–Crippen MR) is 127 cm³/mol. The van der Waals surface area contributed by atoms with E-state index in [1.54, 1.807) is 25.1 Å². The Labute approximate surface area is 184 Å². The molecule has 0 aliphatic heterocycles. The van der Waals surface area contributed by atoms with E-state index in [9.17, 15) is 9.59 Å². The summed E-state index contributed by atoms with van der Waals surface area (Å²) in [6, 6.07) is 22.7. The molecule has 2 heterocycles. The third kappa shape index (κ3) is 3.48. The van der Waals surface area contributed by atoms with E-state index in [0.717, 1.165) is 22.0 Å². The number of benzene rings is 3. The Morgan fingerprint density at radius 1 is 0.938 bits per heavy atom. The van der Waals surface area contributed by atoms with Gasteiger partial charge in [-0.25, -0.2) is 0 Å². The number of carbonyl (C=O) groups is 1. The second-order valence-corrected chi connectivity index (χ2v) is 7.80. The van der Waals surface area contributed by atoms with Crippen molar-refractivity contribution in [2.45, 2.75) is 13.3 Å². The van der Waals surface area contributed by atoms with Crippen LogP contribution in [0.3, 0.4) is 0 Å². The number of para-hydroxylation sites is 2. The summed E-state index contributed by atoms with van der Waals surface area (Å²) in [5.74, 6) is 0.226. The van der Waals surface area contributed by atoms with E-state index in [2.05, 4.69) is 16.4 Å². The molecule has 0 fully saturated rings. The largest absolute Gasteiger partial charge is 0.455 e. The van der Waals surface area contributed by atoms with Crippen LogP contribution >= 0.6 is 0 Å². The van der Waals surface area contributed by atoms with E-state index in [4.69, 9.17) is 4.42 Å². The smallest absolute Gasteiger partial charge is 0.255 e. The zero-order valence-corrected chi connectivity index (χ0v) is 17.6. The van der Waals surface area contributed by atoms with Gasteiger partial charge < -0.3 is 14.7 Å². The third-order valence-electron chi connectivity index (χ3n) is 5.78. The van der Waals surface area contributed by atoms with Gasteiger partial charge in [0, 0.05) is 34.8 Å². The molecule has 0 saturated carbocycles. The average Bonchev–Trinajstić information content (AvgIpc) is 3.24. The van der Waals surface area contributed by atoms with Gasteiger partial charge in [0.1, 0.15) is 5.76 Å². The molecule has 32 heavy (non-hydrogen) atoms. The molecule has 0 aliphatic rings. The molecule has 0 radical (unpaired) electrons. The lowest BCUT2D eigenvalue weighted by Gasteiger charge is -2.11. The number of aromatic nitrogens is 1. The van der Waals surface area contributed by atoms with Crippen LogP contribution in [0.5, 0.6) is 0 Å². The highest BCUT2D eigenvalue weighted by Crippen LogP contribution is 2.27. The molecule has 0 unspecified atom stereocenters. The van der Waals surface area contributed by atoms with Crippen LogP contribution in [0.2, 0.25) is 0 Å².